The predicted octanol–water partition coefficient (Wildman–Crippen LogP) is 1.67. The van der Waals surface area contributed by atoms with E-state index in [2.05, 4.69) is 6.58 Å². The van der Waals surface area contributed by atoms with Gasteiger partial charge in [-0.2, -0.15) is 0 Å². The van der Waals surface area contributed by atoms with Crippen molar-refractivity contribution in [2.45, 2.75) is 38.9 Å². The van der Waals surface area contributed by atoms with Gasteiger partial charge in [-0.25, -0.2) is 4.79 Å². The lowest BCUT2D eigenvalue weighted by molar-refractivity contribution is -0.167. The number of hydrogen-bond acceptors (Lipinski definition) is 3. The Kier molecular flexibility index (Phi) is 3.48. The minimum Gasteiger partial charge on any atom is -0.456 e. The third kappa shape index (κ3) is 2.56. The Morgan fingerprint density at radius 1 is 1.77 bits per heavy atom. The van der Waals surface area contributed by atoms with Gasteiger partial charge in [-0.3, -0.25) is 0 Å². The number of rotatable bonds is 4. The van der Waals surface area contributed by atoms with Crippen LogP contribution < -0.4 is 0 Å². The highest BCUT2D eigenvalue weighted by Crippen LogP contribution is 2.20. The van der Waals surface area contributed by atoms with Crippen molar-refractivity contribution in [2.24, 2.45) is 0 Å². The van der Waals surface area contributed by atoms with Crippen molar-refractivity contribution in [3.8, 4) is 0 Å². The van der Waals surface area contributed by atoms with E-state index in [9.17, 15) is 4.79 Å². The molecule has 1 rings (SSSR count). The van der Waals surface area contributed by atoms with E-state index >= 15 is 0 Å². The zero-order chi connectivity index (χ0) is 9.84. The smallest absolute Gasteiger partial charge is 0.333 e. The van der Waals surface area contributed by atoms with Crippen molar-refractivity contribution in [3.63, 3.8) is 0 Å². The standard InChI is InChI=1S/C10H16O3/c1-4-8(9-5-6-12-9)13-10(11)7(2)3/h8-9H,2,4-6H2,1,3H3. The highest BCUT2D eigenvalue weighted by Gasteiger charge is 2.29. The summed E-state index contributed by atoms with van der Waals surface area (Å²) >= 11 is 0. The van der Waals surface area contributed by atoms with E-state index in [1.54, 1.807) is 6.92 Å². The molecule has 13 heavy (non-hydrogen) atoms. The van der Waals surface area contributed by atoms with Crippen molar-refractivity contribution >= 4 is 5.97 Å². The molecule has 1 aliphatic heterocycles. The van der Waals surface area contributed by atoms with Crippen molar-refractivity contribution in [1.29, 1.82) is 0 Å². The lowest BCUT2D eigenvalue weighted by Crippen LogP contribution is -2.40. The van der Waals surface area contributed by atoms with Crippen LogP contribution >= 0.6 is 0 Å². The highest BCUT2D eigenvalue weighted by atomic mass is 16.6. The molecule has 0 amide bonds. The maximum Gasteiger partial charge on any atom is 0.333 e. The minimum atomic E-state index is -0.317. The second kappa shape index (κ2) is 4.42. The molecule has 0 aliphatic carbocycles. The minimum absolute atomic E-state index is 0.0991. The largest absolute Gasteiger partial charge is 0.456 e. The summed E-state index contributed by atoms with van der Waals surface area (Å²) in [7, 11) is 0. The van der Waals surface area contributed by atoms with E-state index in [1.807, 2.05) is 6.92 Å². The fraction of sp³-hybridized carbons (Fsp3) is 0.700. The Morgan fingerprint density at radius 3 is 2.69 bits per heavy atom. The van der Waals surface area contributed by atoms with E-state index < -0.39 is 0 Å². The van der Waals surface area contributed by atoms with Gasteiger partial charge in [0.15, 0.2) is 0 Å². The summed E-state index contributed by atoms with van der Waals surface area (Å²) in [6.07, 6.45) is 1.79. The van der Waals surface area contributed by atoms with Gasteiger partial charge in [0, 0.05) is 18.6 Å². The Balaban J connectivity index is 2.38. The molecule has 1 fully saturated rings. The second-order valence-electron chi connectivity index (χ2n) is 3.33. The number of hydrogen-bond donors (Lipinski definition) is 0. The zero-order valence-corrected chi connectivity index (χ0v) is 8.21. The molecule has 2 atom stereocenters. The number of carbonyl (C=O) groups excluding carboxylic acids is 1. The summed E-state index contributed by atoms with van der Waals surface area (Å²) in [4.78, 5) is 11.2. The van der Waals surface area contributed by atoms with Crippen molar-refractivity contribution in [2.75, 3.05) is 6.61 Å². The fourth-order valence-corrected chi connectivity index (χ4v) is 1.21. The van der Waals surface area contributed by atoms with E-state index in [4.69, 9.17) is 9.47 Å². The molecule has 0 aromatic heterocycles. The molecule has 0 spiro atoms. The Hall–Kier alpha value is -0.830. The van der Waals surface area contributed by atoms with Crippen LogP contribution in [0.2, 0.25) is 0 Å². The fourth-order valence-electron chi connectivity index (χ4n) is 1.21. The summed E-state index contributed by atoms with van der Waals surface area (Å²) < 4.78 is 10.5. The van der Waals surface area contributed by atoms with Crippen LogP contribution in [0, 0.1) is 0 Å². The first-order chi connectivity index (χ1) is 6.15. The lowest BCUT2D eigenvalue weighted by atomic mass is 10.0. The Labute approximate surface area is 78.7 Å². The number of carbonyl (C=O) groups is 1. The molecule has 74 valence electrons. The van der Waals surface area contributed by atoms with Gasteiger partial charge in [0.1, 0.15) is 6.10 Å². The number of esters is 1. The van der Waals surface area contributed by atoms with Crippen LogP contribution in [-0.4, -0.2) is 24.8 Å². The molecule has 0 bridgehead atoms. The van der Waals surface area contributed by atoms with Crippen molar-refractivity contribution in [1.82, 2.24) is 0 Å². The SMILES string of the molecule is C=C(C)C(=O)OC(CC)C1CCO1. The predicted molar refractivity (Wildman–Crippen MR) is 49.3 cm³/mol. The summed E-state index contributed by atoms with van der Waals surface area (Å²) in [5, 5.41) is 0. The molecule has 0 aromatic carbocycles. The summed E-state index contributed by atoms with van der Waals surface area (Å²) in [5.41, 5.74) is 0.442. The molecular weight excluding hydrogens is 168 g/mol. The van der Waals surface area contributed by atoms with E-state index in [0.717, 1.165) is 19.4 Å². The molecule has 1 heterocycles. The van der Waals surface area contributed by atoms with Crippen molar-refractivity contribution < 1.29 is 14.3 Å². The maximum absolute atomic E-state index is 11.2. The average Bonchev–Trinajstić information content (AvgIpc) is 1.99. The third-order valence-electron chi connectivity index (χ3n) is 2.16. The molecule has 0 radical (unpaired) electrons. The van der Waals surface area contributed by atoms with Gasteiger partial charge >= 0.3 is 5.97 Å². The normalized spacial score (nSPS) is 23.1. The summed E-state index contributed by atoms with van der Waals surface area (Å²) in [5.74, 6) is -0.317. The van der Waals surface area contributed by atoms with Crippen LogP contribution in [0.5, 0.6) is 0 Å². The van der Waals surface area contributed by atoms with Gasteiger partial charge in [-0.05, 0) is 13.3 Å². The van der Waals surface area contributed by atoms with E-state index in [0.29, 0.717) is 5.57 Å². The first-order valence-corrected chi connectivity index (χ1v) is 4.63. The van der Waals surface area contributed by atoms with Crippen LogP contribution in [0.4, 0.5) is 0 Å². The molecule has 0 saturated carbocycles. The van der Waals surface area contributed by atoms with Gasteiger partial charge in [0.25, 0.3) is 0 Å². The molecule has 1 aliphatic rings. The van der Waals surface area contributed by atoms with Gasteiger partial charge in [0.05, 0.1) is 6.10 Å². The van der Waals surface area contributed by atoms with Gasteiger partial charge in [0.2, 0.25) is 0 Å². The van der Waals surface area contributed by atoms with Gasteiger partial charge < -0.3 is 9.47 Å². The Bertz CT molecular complexity index is 206. The quantitative estimate of drug-likeness (QED) is 0.492. The first kappa shape index (κ1) is 10.3. The van der Waals surface area contributed by atoms with Crippen LogP contribution in [0.1, 0.15) is 26.7 Å². The Morgan fingerprint density at radius 2 is 2.38 bits per heavy atom. The summed E-state index contributed by atoms with van der Waals surface area (Å²) in [6.45, 7) is 7.95. The van der Waals surface area contributed by atoms with Crippen LogP contribution in [0.15, 0.2) is 12.2 Å². The molecular formula is C10H16O3. The summed E-state index contributed by atoms with van der Waals surface area (Å²) in [6, 6.07) is 0. The molecule has 1 saturated heterocycles. The van der Waals surface area contributed by atoms with Crippen LogP contribution in [0.25, 0.3) is 0 Å². The second-order valence-corrected chi connectivity index (χ2v) is 3.33. The topological polar surface area (TPSA) is 35.5 Å². The molecule has 0 N–H and O–H groups in total. The average molecular weight is 184 g/mol. The van der Waals surface area contributed by atoms with Crippen LogP contribution in [0.3, 0.4) is 0 Å². The molecule has 3 heteroatoms. The molecule has 3 nitrogen and oxygen atoms in total. The molecule has 2 unspecified atom stereocenters. The highest BCUT2D eigenvalue weighted by molar-refractivity contribution is 5.87. The lowest BCUT2D eigenvalue weighted by Gasteiger charge is -2.32. The van der Waals surface area contributed by atoms with Crippen LogP contribution in [-0.2, 0) is 14.3 Å². The molecule has 0 aromatic rings. The zero-order valence-electron chi connectivity index (χ0n) is 8.21. The van der Waals surface area contributed by atoms with E-state index in [-0.39, 0.29) is 18.2 Å². The monoisotopic (exact) mass is 184 g/mol. The first-order valence-electron chi connectivity index (χ1n) is 4.63. The third-order valence-corrected chi connectivity index (χ3v) is 2.16. The number of ether oxygens (including phenoxy) is 2. The van der Waals surface area contributed by atoms with Gasteiger partial charge in [-0.1, -0.05) is 13.5 Å². The van der Waals surface area contributed by atoms with Crippen molar-refractivity contribution in [3.05, 3.63) is 12.2 Å². The van der Waals surface area contributed by atoms with Gasteiger partial charge in [-0.15, -0.1) is 0 Å². The van der Waals surface area contributed by atoms with E-state index in [1.165, 1.54) is 0 Å². The maximum atomic E-state index is 11.2.